The molecule has 3 aromatic rings. The molecule has 3 heteroatoms. The molecule has 0 bridgehead atoms. The van der Waals surface area contributed by atoms with Crippen LogP contribution in [0.4, 0.5) is 5.82 Å². The summed E-state index contributed by atoms with van der Waals surface area (Å²) in [6.45, 7) is 2.20. The van der Waals surface area contributed by atoms with Gasteiger partial charge in [-0.05, 0) is 42.5 Å². The molecule has 0 N–H and O–H groups in total. The number of pyridine rings is 1. The summed E-state index contributed by atoms with van der Waals surface area (Å²) < 4.78 is 0. The number of hydrogen-bond acceptors (Lipinski definition) is 2. The molecule has 100 valence electrons. The standard InChI is InChI=1S/C17H15ClN2/c18-12-7-8-14-15(11-12)13-5-1-2-6-16(13)19-17(14)20-9-3-4-10-20/h1-2,5-8,11H,3-4,9-10H2. The maximum Gasteiger partial charge on any atom is 0.137 e. The van der Waals surface area contributed by atoms with Crippen molar-refractivity contribution in [3.8, 4) is 0 Å². The second-order valence-corrected chi connectivity index (χ2v) is 5.77. The zero-order valence-corrected chi connectivity index (χ0v) is 11.9. The maximum atomic E-state index is 6.20. The zero-order valence-electron chi connectivity index (χ0n) is 11.1. The van der Waals surface area contributed by atoms with E-state index in [-0.39, 0.29) is 0 Å². The van der Waals surface area contributed by atoms with Crippen LogP contribution in [0.5, 0.6) is 0 Å². The Hall–Kier alpha value is -1.80. The monoisotopic (exact) mass is 282 g/mol. The van der Waals surface area contributed by atoms with Crippen molar-refractivity contribution >= 4 is 39.1 Å². The quantitative estimate of drug-likeness (QED) is 0.604. The molecule has 1 aromatic heterocycles. The van der Waals surface area contributed by atoms with Crippen molar-refractivity contribution < 1.29 is 0 Å². The number of aromatic nitrogens is 1. The van der Waals surface area contributed by atoms with E-state index in [2.05, 4.69) is 35.2 Å². The molecule has 0 saturated carbocycles. The predicted octanol–water partition coefficient (Wildman–Crippen LogP) is 4.64. The van der Waals surface area contributed by atoms with Gasteiger partial charge in [-0.1, -0.05) is 29.8 Å². The van der Waals surface area contributed by atoms with Crippen LogP contribution < -0.4 is 4.90 Å². The fraction of sp³-hybridized carbons (Fsp3) is 0.235. The van der Waals surface area contributed by atoms with Crippen LogP contribution in [0.15, 0.2) is 42.5 Å². The Morgan fingerprint density at radius 3 is 2.55 bits per heavy atom. The van der Waals surface area contributed by atoms with E-state index < -0.39 is 0 Å². The molecule has 2 aromatic carbocycles. The summed E-state index contributed by atoms with van der Waals surface area (Å²) in [6, 6.07) is 14.4. The molecule has 2 heterocycles. The van der Waals surface area contributed by atoms with Crippen LogP contribution in [-0.4, -0.2) is 18.1 Å². The molecule has 0 aliphatic carbocycles. The molecule has 4 rings (SSSR count). The van der Waals surface area contributed by atoms with Gasteiger partial charge < -0.3 is 4.90 Å². The van der Waals surface area contributed by atoms with Crippen LogP contribution in [0.25, 0.3) is 21.7 Å². The highest BCUT2D eigenvalue weighted by molar-refractivity contribution is 6.32. The van der Waals surface area contributed by atoms with Crippen LogP contribution in [-0.2, 0) is 0 Å². The Labute approximate surface area is 123 Å². The van der Waals surface area contributed by atoms with Gasteiger partial charge in [0.25, 0.3) is 0 Å². The van der Waals surface area contributed by atoms with Gasteiger partial charge in [0.15, 0.2) is 0 Å². The third-order valence-electron chi connectivity index (χ3n) is 4.05. The molecular formula is C17H15ClN2. The smallest absolute Gasteiger partial charge is 0.137 e. The first-order chi connectivity index (χ1) is 9.83. The fourth-order valence-corrected chi connectivity index (χ4v) is 3.25. The molecular weight excluding hydrogens is 268 g/mol. The number of anilines is 1. The van der Waals surface area contributed by atoms with E-state index in [1.54, 1.807) is 0 Å². The first kappa shape index (κ1) is 12.0. The van der Waals surface area contributed by atoms with Gasteiger partial charge in [0.1, 0.15) is 5.82 Å². The Kier molecular flexibility index (Phi) is 2.78. The highest BCUT2D eigenvalue weighted by atomic mass is 35.5. The van der Waals surface area contributed by atoms with E-state index in [9.17, 15) is 0 Å². The molecule has 1 saturated heterocycles. The van der Waals surface area contributed by atoms with Gasteiger partial charge in [0.2, 0.25) is 0 Å². The Bertz CT molecular complexity index is 791. The summed E-state index contributed by atoms with van der Waals surface area (Å²) in [6.07, 6.45) is 2.51. The molecule has 1 aliphatic heterocycles. The van der Waals surface area contributed by atoms with E-state index in [1.165, 1.54) is 29.0 Å². The number of rotatable bonds is 1. The van der Waals surface area contributed by atoms with Crippen molar-refractivity contribution in [1.82, 2.24) is 4.98 Å². The maximum absolute atomic E-state index is 6.20. The topological polar surface area (TPSA) is 16.1 Å². The van der Waals surface area contributed by atoms with E-state index in [0.717, 1.165) is 29.4 Å². The van der Waals surface area contributed by atoms with Gasteiger partial charge >= 0.3 is 0 Å². The molecule has 1 aliphatic rings. The second kappa shape index (κ2) is 4.64. The highest BCUT2D eigenvalue weighted by Crippen LogP contribution is 2.34. The average molecular weight is 283 g/mol. The largest absolute Gasteiger partial charge is 0.356 e. The van der Waals surface area contributed by atoms with Gasteiger partial charge in [-0.3, -0.25) is 0 Å². The summed E-state index contributed by atoms with van der Waals surface area (Å²) in [5.41, 5.74) is 1.05. The third kappa shape index (κ3) is 1.83. The summed E-state index contributed by atoms with van der Waals surface area (Å²) in [7, 11) is 0. The van der Waals surface area contributed by atoms with E-state index in [1.807, 2.05) is 12.1 Å². The lowest BCUT2D eigenvalue weighted by atomic mass is 10.1. The van der Waals surface area contributed by atoms with Crippen LogP contribution in [0, 0.1) is 0 Å². The zero-order chi connectivity index (χ0) is 13.5. The van der Waals surface area contributed by atoms with Crippen molar-refractivity contribution in [3.05, 3.63) is 47.5 Å². The second-order valence-electron chi connectivity index (χ2n) is 5.34. The van der Waals surface area contributed by atoms with Gasteiger partial charge in [0, 0.05) is 28.9 Å². The van der Waals surface area contributed by atoms with E-state index in [4.69, 9.17) is 16.6 Å². The number of fused-ring (bicyclic) bond motifs is 3. The van der Waals surface area contributed by atoms with Crippen molar-refractivity contribution in [2.45, 2.75) is 12.8 Å². The SMILES string of the molecule is Clc1ccc2c(N3CCCC3)nc3ccccc3c2c1. The van der Waals surface area contributed by atoms with Crippen LogP contribution in [0.3, 0.4) is 0 Å². The Morgan fingerprint density at radius 1 is 0.900 bits per heavy atom. The summed E-state index contributed by atoms with van der Waals surface area (Å²) in [5.74, 6) is 1.10. The van der Waals surface area contributed by atoms with Crippen LogP contribution in [0.1, 0.15) is 12.8 Å². The molecule has 0 unspecified atom stereocenters. The van der Waals surface area contributed by atoms with Crippen molar-refractivity contribution in [1.29, 1.82) is 0 Å². The van der Waals surface area contributed by atoms with E-state index in [0.29, 0.717) is 0 Å². The van der Waals surface area contributed by atoms with Gasteiger partial charge in [-0.2, -0.15) is 0 Å². The lowest BCUT2D eigenvalue weighted by Crippen LogP contribution is -2.19. The predicted molar refractivity (Wildman–Crippen MR) is 85.7 cm³/mol. The number of halogens is 1. The molecule has 0 radical (unpaired) electrons. The lowest BCUT2D eigenvalue weighted by Gasteiger charge is -2.19. The normalized spacial score (nSPS) is 15.3. The van der Waals surface area contributed by atoms with Crippen molar-refractivity contribution in [2.75, 3.05) is 18.0 Å². The number of hydrogen-bond donors (Lipinski definition) is 0. The Morgan fingerprint density at radius 2 is 1.70 bits per heavy atom. The average Bonchev–Trinajstić information content (AvgIpc) is 3.00. The fourth-order valence-electron chi connectivity index (χ4n) is 3.08. The summed E-state index contributed by atoms with van der Waals surface area (Å²) in [4.78, 5) is 7.29. The molecule has 0 amide bonds. The van der Waals surface area contributed by atoms with Crippen LogP contribution >= 0.6 is 11.6 Å². The summed E-state index contributed by atoms with van der Waals surface area (Å²) >= 11 is 6.20. The van der Waals surface area contributed by atoms with Crippen molar-refractivity contribution in [3.63, 3.8) is 0 Å². The van der Waals surface area contributed by atoms with Crippen LogP contribution in [0.2, 0.25) is 5.02 Å². The molecule has 0 atom stereocenters. The first-order valence-corrected chi connectivity index (χ1v) is 7.44. The third-order valence-corrected chi connectivity index (χ3v) is 4.28. The lowest BCUT2D eigenvalue weighted by molar-refractivity contribution is 0.949. The van der Waals surface area contributed by atoms with Crippen molar-refractivity contribution in [2.24, 2.45) is 0 Å². The molecule has 20 heavy (non-hydrogen) atoms. The van der Waals surface area contributed by atoms with Gasteiger partial charge in [-0.15, -0.1) is 0 Å². The minimum Gasteiger partial charge on any atom is -0.356 e. The minimum absolute atomic E-state index is 0.779. The number of nitrogens with zero attached hydrogens (tertiary/aromatic N) is 2. The number of benzene rings is 2. The van der Waals surface area contributed by atoms with E-state index >= 15 is 0 Å². The number of para-hydroxylation sites is 1. The molecule has 2 nitrogen and oxygen atoms in total. The Balaban J connectivity index is 2.10. The molecule has 0 spiro atoms. The van der Waals surface area contributed by atoms with Gasteiger partial charge in [-0.25, -0.2) is 4.98 Å². The first-order valence-electron chi connectivity index (χ1n) is 7.06. The minimum atomic E-state index is 0.779. The summed E-state index contributed by atoms with van der Waals surface area (Å²) in [5, 5.41) is 4.36. The van der Waals surface area contributed by atoms with Gasteiger partial charge in [0.05, 0.1) is 5.52 Å². The highest BCUT2D eigenvalue weighted by Gasteiger charge is 2.17. The molecule has 1 fully saturated rings.